The quantitative estimate of drug-likeness (QED) is 0.244. The van der Waals surface area contributed by atoms with Crippen molar-refractivity contribution in [3.63, 3.8) is 0 Å². The van der Waals surface area contributed by atoms with Gasteiger partial charge in [0, 0.05) is 0 Å². The molecule has 0 bridgehead atoms. The van der Waals surface area contributed by atoms with Crippen LogP contribution in [0.1, 0.15) is 78.7 Å². The van der Waals surface area contributed by atoms with Gasteiger partial charge in [0.15, 0.2) is 0 Å². The standard InChI is InChI=1S/C21H38O3SSi/c1-6-7-8-9-10-11-16-26(18(2)3,19(4)5)17-20-12-14-21(15-13-20)25(22,23)24/h12-15,18-19H,6-11,16-17H2,1-5H3,(H,22,23,24). The summed E-state index contributed by atoms with van der Waals surface area (Å²) in [6, 6.07) is 9.27. The predicted octanol–water partition coefficient (Wildman–Crippen LogP) is 6.64. The maximum atomic E-state index is 11.3. The fraction of sp³-hybridized carbons (Fsp3) is 0.714. The molecule has 0 aromatic heterocycles. The molecule has 0 unspecified atom stereocenters. The highest BCUT2D eigenvalue weighted by Gasteiger charge is 2.38. The van der Waals surface area contributed by atoms with Gasteiger partial charge in [-0.1, -0.05) is 108 Å². The van der Waals surface area contributed by atoms with Gasteiger partial charge in [-0.25, -0.2) is 0 Å². The summed E-state index contributed by atoms with van der Waals surface area (Å²) in [7, 11) is -5.64. The van der Waals surface area contributed by atoms with Crippen LogP contribution in [-0.4, -0.2) is 21.0 Å². The largest absolute Gasteiger partial charge is 0.294 e. The van der Waals surface area contributed by atoms with E-state index in [1.165, 1.54) is 62.3 Å². The number of hydrogen-bond acceptors (Lipinski definition) is 2. The van der Waals surface area contributed by atoms with E-state index in [4.69, 9.17) is 0 Å². The smallest absolute Gasteiger partial charge is 0.282 e. The topological polar surface area (TPSA) is 54.4 Å². The average Bonchev–Trinajstić information content (AvgIpc) is 2.56. The minimum Gasteiger partial charge on any atom is -0.282 e. The summed E-state index contributed by atoms with van der Waals surface area (Å²) in [5.74, 6) is 0. The first-order chi connectivity index (χ1) is 12.1. The molecule has 0 heterocycles. The maximum absolute atomic E-state index is 11.3. The van der Waals surface area contributed by atoms with Crippen LogP contribution in [0.3, 0.4) is 0 Å². The summed E-state index contributed by atoms with van der Waals surface area (Å²) >= 11 is 0. The zero-order chi connectivity index (χ0) is 19.8. The predicted molar refractivity (Wildman–Crippen MR) is 114 cm³/mol. The molecule has 0 aliphatic rings. The lowest BCUT2D eigenvalue weighted by Gasteiger charge is -2.40. The Labute approximate surface area is 162 Å². The third-order valence-corrected chi connectivity index (χ3v) is 13.9. The summed E-state index contributed by atoms with van der Waals surface area (Å²) in [5, 5.41) is 0. The lowest BCUT2D eigenvalue weighted by molar-refractivity contribution is 0.483. The van der Waals surface area contributed by atoms with Crippen LogP contribution in [0, 0.1) is 0 Å². The van der Waals surface area contributed by atoms with Gasteiger partial charge in [0.1, 0.15) is 0 Å². The third kappa shape index (κ3) is 6.82. The van der Waals surface area contributed by atoms with Crippen LogP contribution in [0.15, 0.2) is 29.2 Å². The van der Waals surface area contributed by atoms with Crippen molar-refractivity contribution in [1.29, 1.82) is 0 Å². The summed E-state index contributed by atoms with van der Waals surface area (Å²) < 4.78 is 31.7. The van der Waals surface area contributed by atoms with Crippen LogP contribution in [0.25, 0.3) is 0 Å². The number of rotatable bonds is 12. The third-order valence-electron chi connectivity index (χ3n) is 6.05. The van der Waals surface area contributed by atoms with Gasteiger partial charge in [-0.15, -0.1) is 0 Å². The minimum absolute atomic E-state index is 0.0152. The molecule has 0 fully saturated rings. The molecule has 1 N–H and O–H groups in total. The van der Waals surface area contributed by atoms with Crippen LogP contribution in [0.5, 0.6) is 0 Å². The number of benzene rings is 1. The zero-order valence-electron chi connectivity index (χ0n) is 17.3. The lowest BCUT2D eigenvalue weighted by atomic mass is 10.1. The van der Waals surface area contributed by atoms with Crippen molar-refractivity contribution in [2.45, 2.75) is 101 Å². The SMILES string of the molecule is CCCCCCCC[Si](Cc1ccc(S(=O)(=O)O)cc1)(C(C)C)C(C)C. The second-order valence-corrected chi connectivity index (χ2v) is 15.4. The van der Waals surface area contributed by atoms with Crippen LogP contribution in [0.4, 0.5) is 0 Å². The summed E-state index contributed by atoms with van der Waals surface area (Å²) in [5.41, 5.74) is 2.59. The zero-order valence-corrected chi connectivity index (χ0v) is 19.1. The van der Waals surface area contributed by atoms with Crippen LogP contribution in [0.2, 0.25) is 17.1 Å². The Morgan fingerprint density at radius 2 is 1.38 bits per heavy atom. The van der Waals surface area contributed by atoms with Gasteiger partial charge in [0.25, 0.3) is 10.1 Å². The summed E-state index contributed by atoms with van der Waals surface area (Å²) in [6.07, 6.45) is 7.97. The molecule has 0 saturated heterocycles. The monoisotopic (exact) mass is 398 g/mol. The molecule has 1 aromatic carbocycles. The van der Waals surface area contributed by atoms with Gasteiger partial charge in [-0.3, -0.25) is 4.55 Å². The van der Waals surface area contributed by atoms with E-state index in [-0.39, 0.29) is 4.90 Å². The summed E-state index contributed by atoms with van der Waals surface area (Å²) in [6.45, 7) is 11.7. The first-order valence-electron chi connectivity index (χ1n) is 10.2. The Kier molecular flexibility index (Phi) is 9.55. The summed E-state index contributed by atoms with van der Waals surface area (Å²) in [4.78, 5) is -0.0152. The number of hydrogen-bond donors (Lipinski definition) is 1. The molecule has 3 nitrogen and oxygen atoms in total. The van der Waals surface area contributed by atoms with Crippen molar-refractivity contribution in [2.24, 2.45) is 0 Å². The second kappa shape index (κ2) is 10.6. The van der Waals surface area contributed by atoms with Gasteiger partial charge >= 0.3 is 0 Å². The van der Waals surface area contributed by atoms with E-state index in [1.807, 2.05) is 12.1 Å². The molecule has 150 valence electrons. The van der Waals surface area contributed by atoms with Crippen molar-refractivity contribution in [2.75, 3.05) is 0 Å². The fourth-order valence-electron chi connectivity index (χ4n) is 4.13. The highest BCUT2D eigenvalue weighted by atomic mass is 32.2. The Morgan fingerprint density at radius 3 is 1.85 bits per heavy atom. The van der Waals surface area contributed by atoms with Gasteiger partial charge in [-0.05, 0) is 18.2 Å². The molecule has 0 amide bonds. The highest BCUT2D eigenvalue weighted by Crippen LogP contribution is 2.40. The molecule has 5 heteroatoms. The molecule has 0 aliphatic heterocycles. The van der Waals surface area contributed by atoms with E-state index in [0.717, 1.165) is 6.04 Å². The van der Waals surface area contributed by atoms with E-state index >= 15 is 0 Å². The molecular weight excluding hydrogens is 360 g/mol. The first kappa shape index (κ1) is 23.4. The molecular formula is C21H38O3SSi. The van der Waals surface area contributed by atoms with Crippen molar-refractivity contribution in [3.05, 3.63) is 29.8 Å². The highest BCUT2D eigenvalue weighted by molar-refractivity contribution is 7.85. The molecule has 0 radical (unpaired) electrons. The van der Waals surface area contributed by atoms with E-state index < -0.39 is 18.2 Å². The van der Waals surface area contributed by atoms with Gasteiger partial charge < -0.3 is 0 Å². The second-order valence-electron chi connectivity index (χ2n) is 8.36. The van der Waals surface area contributed by atoms with Gasteiger partial charge in [0.05, 0.1) is 13.0 Å². The van der Waals surface area contributed by atoms with Gasteiger partial charge in [-0.2, -0.15) is 8.42 Å². The first-order valence-corrected chi connectivity index (χ1v) is 14.2. The van der Waals surface area contributed by atoms with Crippen molar-refractivity contribution in [3.8, 4) is 0 Å². The van der Waals surface area contributed by atoms with Crippen molar-refractivity contribution in [1.82, 2.24) is 0 Å². The lowest BCUT2D eigenvalue weighted by Crippen LogP contribution is -2.44. The molecule has 26 heavy (non-hydrogen) atoms. The normalized spacial score (nSPS) is 12.9. The molecule has 1 rings (SSSR count). The van der Waals surface area contributed by atoms with E-state index in [2.05, 4.69) is 34.6 Å². The van der Waals surface area contributed by atoms with Crippen LogP contribution >= 0.6 is 0 Å². The molecule has 0 aliphatic carbocycles. The number of unbranched alkanes of at least 4 members (excludes halogenated alkanes) is 5. The van der Waals surface area contributed by atoms with Gasteiger partial charge in [0.2, 0.25) is 0 Å². The fourth-order valence-corrected chi connectivity index (χ4v) is 10.00. The Bertz CT molecular complexity index is 613. The molecule has 0 spiro atoms. The Morgan fingerprint density at radius 1 is 0.885 bits per heavy atom. The molecule has 0 saturated carbocycles. The Hall–Kier alpha value is -0.653. The van der Waals surface area contributed by atoms with Crippen molar-refractivity contribution < 1.29 is 13.0 Å². The van der Waals surface area contributed by atoms with Crippen molar-refractivity contribution >= 4 is 18.2 Å². The maximum Gasteiger partial charge on any atom is 0.294 e. The minimum atomic E-state index is -4.11. The molecule has 0 atom stereocenters. The Balaban J connectivity index is 2.85. The van der Waals surface area contributed by atoms with E-state index in [1.54, 1.807) is 0 Å². The molecule has 1 aromatic rings. The van der Waals surface area contributed by atoms with Crippen LogP contribution < -0.4 is 0 Å². The van der Waals surface area contributed by atoms with E-state index in [9.17, 15) is 13.0 Å². The van der Waals surface area contributed by atoms with Crippen LogP contribution in [-0.2, 0) is 16.2 Å². The average molecular weight is 399 g/mol. The van der Waals surface area contributed by atoms with E-state index in [0.29, 0.717) is 11.1 Å².